The van der Waals surface area contributed by atoms with Crippen LogP contribution in [-0.4, -0.2) is 20.4 Å². The molecule has 1 amide bonds. The van der Waals surface area contributed by atoms with Crippen molar-refractivity contribution in [3.8, 4) is 5.69 Å². The van der Waals surface area contributed by atoms with Crippen LogP contribution in [0.1, 0.15) is 21.6 Å². The van der Waals surface area contributed by atoms with Gasteiger partial charge in [0.1, 0.15) is 0 Å². The van der Waals surface area contributed by atoms with Crippen LogP contribution in [0.2, 0.25) is 0 Å². The van der Waals surface area contributed by atoms with Gasteiger partial charge in [-0.2, -0.15) is 0 Å². The van der Waals surface area contributed by atoms with E-state index in [4.69, 9.17) is 0 Å². The van der Waals surface area contributed by atoms with E-state index in [0.29, 0.717) is 12.1 Å². The van der Waals surface area contributed by atoms with Crippen molar-refractivity contribution in [1.82, 2.24) is 19.9 Å². The van der Waals surface area contributed by atoms with E-state index in [-0.39, 0.29) is 5.91 Å². The molecule has 26 heavy (non-hydrogen) atoms. The lowest BCUT2D eigenvalue weighted by Crippen LogP contribution is -2.23. The third kappa shape index (κ3) is 3.19. The number of rotatable bonds is 4. The molecule has 0 saturated carbocycles. The van der Waals surface area contributed by atoms with E-state index in [0.717, 1.165) is 27.8 Å². The van der Waals surface area contributed by atoms with Gasteiger partial charge in [-0.25, -0.2) is 4.98 Å². The number of carbonyl (C=O) groups is 1. The van der Waals surface area contributed by atoms with Gasteiger partial charge in [0.2, 0.25) is 0 Å². The van der Waals surface area contributed by atoms with Gasteiger partial charge in [0.05, 0.1) is 17.4 Å². The van der Waals surface area contributed by atoms with E-state index in [1.807, 2.05) is 72.3 Å². The number of nitrogens with one attached hydrogen (secondary N) is 1. The number of amides is 1. The Morgan fingerprint density at radius 2 is 1.92 bits per heavy atom. The first-order chi connectivity index (χ1) is 12.7. The van der Waals surface area contributed by atoms with E-state index >= 15 is 0 Å². The van der Waals surface area contributed by atoms with Gasteiger partial charge >= 0.3 is 0 Å². The molecule has 0 aliphatic carbocycles. The lowest BCUT2D eigenvalue weighted by molar-refractivity contribution is 0.0952. The zero-order chi connectivity index (χ0) is 17.9. The highest BCUT2D eigenvalue weighted by atomic mass is 16.1. The van der Waals surface area contributed by atoms with Crippen molar-refractivity contribution in [2.24, 2.45) is 0 Å². The quantitative estimate of drug-likeness (QED) is 0.616. The van der Waals surface area contributed by atoms with Crippen LogP contribution < -0.4 is 5.32 Å². The van der Waals surface area contributed by atoms with Crippen molar-refractivity contribution < 1.29 is 4.79 Å². The molecule has 2 aromatic heterocycles. The normalized spacial score (nSPS) is 10.8. The number of aromatic nitrogens is 3. The maximum absolute atomic E-state index is 12.7. The summed E-state index contributed by atoms with van der Waals surface area (Å²) in [7, 11) is 0. The lowest BCUT2D eigenvalue weighted by atomic mass is 10.1. The van der Waals surface area contributed by atoms with Gasteiger partial charge < -0.3 is 9.88 Å². The zero-order valence-electron chi connectivity index (χ0n) is 14.4. The molecule has 0 fully saturated rings. The Hall–Kier alpha value is -3.47. The number of fused-ring (bicyclic) bond motifs is 1. The Morgan fingerprint density at radius 3 is 2.69 bits per heavy atom. The topological polar surface area (TPSA) is 59.8 Å². The van der Waals surface area contributed by atoms with Crippen molar-refractivity contribution in [2.75, 3.05) is 0 Å². The minimum Gasteiger partial charge on any atom is -0.348 e. The molecule has 0 spiro atoms. The molecule has 2 aromatic carbocycles. The first-order valence-electron chi connectivity index (χ1n) is 8.42. The Balaban J connectivity index is 1.51. The highest BCUT2D eigenvalue weighted by Crippen LogP contribution is 2.18. The first-order valence-corrected chi connectivity index (χ1v) is 8.42. The fraction of sp³-hybridized carbons (Fsp3) is 0.0952. The summed E-state index contributed by atoms with van der Waals surface area (Å²) in [6.07, 6.45) is 5.40. The van der Waals surface area contributed by atoms with Gasteiger partial charge in [0.15, 0.2) is 0 Å². The molecule has 0 saturated heterocycles. The van der Waals surface area contributed by atoms with Gasteiger partial charge in [-0.05, 0) is 36.8 Å². The van der Waals surface area contributed by atoms with Gasteiger partial charge in [-0.3, -0.25) is 9.78 Å². The molecule has 0 unspecified atom stereocenters. The van der Waals surface area contributed by atoms with Crippen LogP contribution in [0.15, 0.2) is 73.3 Å². The Bertz CT molecular complexity index is 1050. The van der Waals surface area contributed by atoms with E-state index in [9.17, 15) is 4.79 Å². The number of carbonyl (C=O) groups excluding carboxylic acids is 1. The van der Waals surface area contributed by atoms with Crippen LogP contribution in [0.5, 0.6) is 0 Å². The smallest absolute Gasteiger partial charge is 0.252 e. The molecule has 0 aliphatic rings. The van der Waals surface area contributed by atoms with Crippen LogP contribution >= 0.6 is 0 Å². The molecule has 1 N–H and O–H groups in total. The second-order valence-electron chi connectivity index (χ2n) is 6.15. The summed E-state index contributed by atoms with van der Waals surface area (Å²) in [5.41, 5.74) is 4.40. The summed E-state index contributed by atoms with van der Waals surface area (Å²) in [6.45, 7) is 2.37. The molecular formula is C21H18N4O. The van der Waals surface area contributed by atoms with Gasteiger partial charge in [0, 0.05) is 35.7 Å². The number of aryl methyl sites for hydroxylation is 1. The third-order valence-corrected chi connectivity index (χ3v) is 4.28. The third-order valence-electron chi connectivity index (χ3n) is 4.28. The monoisotopic (exact) mass is 342 g/mol. The minimum absolute atomic E-state index is 0.0922. The number of para-hydroxylation sites is 1. The first kappa shape index (κ1) is 16.0. The summed E-state index contributed by atoms with van der Waals surface area (Å²) in [5, 5.41) is 3.87. The molecular weight excluding hydrogens is 324 g/mol. The predicted octanol–water partition coefficient (Wildman–Crippen LogP) is 3.66. The van der Waals surface area contributed by atoms with E-state index < -0.39 is 0 Å². The molecule has 5 heteroatoms. The molecule has 2 heterocycles. The van der Waals surface area contributed by atoms with Crippen molar-refractivity contribution in [1.29, 1.82) is 0 Å². The number of pyridine rings is 1. The summed E-state index contributed by atoms with van der Waals surface area (Å²) in [5.74, 6) is -0.0922. The van der Waals surface area contributed by atoms with Gasteiger partial charge in [-0.15, -0.1) is 0 Å². The minimum atomic E-state index is -0.0922. The Morgan fingerprint density at radius 1 is 1.12 bits per heavy atom. The molecule has 0 radical (unpaired) electrons. The molecule has 128 valence electrons. The van der Waals surface area contributed by atoms with Crippen molar-refractivity contribution in [3.05, 3.63) is 90.1 Å². The average Bonchev–Trinajstić information content (AvgIpc) is 3.20. The molecule has 4 rings (SSSR count). The maximum Gasteiger partial charge on any atom is 0.252 e. The molecule has 5 nitrogen and oxygen atoms in total. The second kappa shape index (κ2) is 6.80. The Labute approximate surface area is 151 Å². The van der Waals surface area contributed by atoms with E-state index in [1.54, 1.807) is 12.5 Å². The fourth-order valence-electron chi connectivity index (χ4n) is 2.97. The summed E-state index contributed by atoms with van der Waals surface area (Å²) < 4.78 is 1.94. The maximum atomic E-state index is 12.7. The highest BCUT2D eigenvalue weighted by molar-refractivity contribution is 6.06. The molecule has 4 aromatic rings. The number of benzene rings is 2. The molecule has 0 bridgehead atoms. The average molecular weight is 342 g/mol. The standard InChI is InChI=1S/C21H18N4O/c1-15-12-19(18-4-2-3-5-20(18)24-15)21(26)23-13-16-6-8-17(9-7-16)25-11-10-22-14-25/h2-12,14H,13H2,1H3,(H,23,26). The zero-order valence-corrected chi connectivity index (χ0v) is 14.4. The molecule has 0 atom stereocenters. The SMILES string of the molecule is Cc1cc(C(=O)NCc2ccc(-n3ccnc3)cc2)c2ccccc2n1. The van der Waals surface area contributed by atoms with Crippen LogP contribution in [0.25, 0.3) is 16.6 Å². The largest absolute Gasteiger partial charge is 0.348 e. The fourth-order valence-corrected chi connectivity index (χ4v) is 2.97. The van der Waals surface area contributed by atoms with Crippen LogP contribution in [0, 0.1) is 6.92 Å². The lowest BCUT2D eigenvalue weighted by Gasteiger charge is -2.10. The summed E-state index contributed by atoms with van der Waals surface area (Å²) >= 11 is 0. The van der Waals surface area contributed by atoms with Crippen molar-refractivity contribution in [2.45, 2.75) is 13.5 Å². The number of hydrogen-bond acceptors (Lipinski definition) is 3. The van der Waals surface area contributed by atoms with E-state index in [1.165, 1.54) is 0 Å². The molecule has 0 aliphatic heterocycles. The predicted molar refractivity (Wildman–Crippen MR) is 101 cm³/mol. The van der Waals surface area contributed by atoms with Crippen LogP contribution in [-0.2, 0) is 6.54 Å². The van der Waals surface area contributed by atoms with Crippen LogP contribution in [0.4, 0.5) is 0 Å². The van der Waals surface area contributed by atoms with Crippen molar-refractivity contribution in [3.63, 3.8) is 0 Å². The van der Waals surface area contributed by atoms with Crippen molar-refractivity contribution >= 4 is 16.8 Å². The highest BCUT2D eigenvalue weighted by Gasteiger charge is 2.11. The number of nitrogens with zero attached hydrogens (tertiary/aromatic N) is 3. The Kier molecular flexibility index (Phi) is 4.19. The van der Waals surface area contributed by atoms with Gasteiger partial charge in [0.25, 0.3) is 5.91 Å². The summed E-state index contributed by atoms with van der Waals surface area (Å²) in [4.78, 5) is 21.2. The summed E-state index contributed by atoms with van der Waals surface area (Å²) in [6, 6.07) is 17.6. The van der Waals surface area contributed by atoms with Crippen LogP contribution in [0.3, 0.4) is 0 Å². The second-order valence-corrected chi connectivity index (χ2v) is 6.15. The number of hydrogen-bond donors (Lipinski definition) is 1. The van der Waals surface area contributed by atoms with Gasteiger partial charge in [-0.1, -0.05) is 30.3 Å². The number of imidazole rings is 1. The van der Waals surface area contributed by atoms with E-state index in [2.05, 4.69) is 15.3 Å².